The van der Waals surface area contributed by atoms with Crippen LogP contribution in [-0.4, -0.2) is 32.8 Å². The molecule has 76 valence electrons. The third kappa shape index (κ3) is 3.62. The molecule has 0 spiro atoms. The number of hydrogen-bond donors (Lipinski definition) is 2. The molecule has 0 aromatic rings. The SMILES string of the molecule is O=S(=O)(CCNC1CC1)NC1CC1. The highest BCUT2D eigenvalue weighted by Gasteiger charge is 2.27. The molecule has 2 aliphatic rings. The summed E-state index contributed by atoms with van der Waals surface area (Å²) in [7, 11) is -3.00. The molecule has 13 heavy (non-hydrogen) atoms. The number of sulfonamides is 1. The first-order valence-corrected chi connectivity index (χ1v) is 6.54. The Morgan fingerprint density at radius 2 is 1.69 bits per heavy atom. The van der Waals surface area contributed by atoms with Gasteiger partial charge in [-0.1, -0.05) is 0 Å². The Morgan fingerprint density at radius 3 is 2.23 bits per heavy atom. The molecule has 0 aromatic carbocycles. The monoisotopic (exact) mass is 204 g/mol. The maximum atomic E-state index is 11.3. The van der Waals surface area contributed by atoms with Crippen molar-refractivity contribution in [3.05, 3.63) is 0 Å². The summed E-state index contributed by atoms with van der Waals surface area (Å²) in [5.41, 5.74) is 0. The van der Waals surface area contributed by atoms with Crippen LogP contribution in [0.2, 0.25) is 0 Å². The number of nitrogens with one attached hydrogen (secondary N) is 2. The van der Waals surface area contributed by atoms with Crippen LogP contribution in [0.1, 0.15) is 25.7 Å². The number of rotatable bonds is 6. The van der Waals surface area contributed by atoms with Gasteiger partial charge < -0.3 is 5.32 Å². The van der Waals surface area contributed by atoms with E-state index in [9.17, 15) is 8.42 Å². The molecule has 2 N–H and O–H groups in total. The van der Waals surface area contributed by atoms with Crippen molar-refractivity contribution in [2.24, 2.45) is 0 Å². The van der Waals surface area contributed by atoms with Gasteiger partial charge in [-0.2, -0.15) is 0 Å². The van der Waals surface area contributed by atoms with Gasteiger partial charge in [-0.25, -0.2) is 13.1 Å². The molecular weight excluding hydrogens is 188 g/mol. The Labute approximate surface area is 79.1 Å². The molecule has 0 aliphatic heterocycles. The fraction of sp³-hybridized carbons (Fsp3) is 1.00. The zero-order chi connectivity index (χ0) is 9.31. The minimum absolute atomic E-state index is 0.222. The van der Waals surface area contributed by atoms with E-state index in [1.165, 1.54) is 12.8 Å². The van der Waals surface area contributed by atoms with Crippen molar-refractivity contribution in [3.63, 3.8) is 0 Å². The minimum atomic E-state index is -3.00. The molecule has 0 aromatic heterocycles. The molecule has 2 fully saturated rings. The quantitative estimate of drug-likeness (QED) is 0.631. The van der Waals surface area contributed by atoms with E-state index < -0.39 is 10.0 Å². The summed E-state index contributed by atoms with van der Waals surface area (Å²) >= 11 is 0. The highest BCUT2D eigenvalue weighted by molar-refractivity contribution is 7.89. The lowest BCUT2D eigenvalue weighted by atomic mass is 10.6. The van der Waals surface area contributed by atoms with Crippen molar-refractivity contribution < 1.29 is 8.42 Å². The van der Waals surface area contributed by atoms with Crippen molar-refractivity contribution in [1.82, 2.24) is 10.0 Å². The van der Waals surface area contributed by atoms with Crippen molar-refractivity contribution in [2.45, 2.75) is 37.8 Å². The Balaban J connectivity index is 1.64. The lowest BCUT2D eigenvalue weighted by Gasteiger charge is -2.05. The fourth-order valence-corrected chi connectivity index (χ4v) is 2.45. The molecule has 2 saturated carbocycles. The predicted molar refractivity (Wildman–Crippen MR) is 51.0 cm³/mol. The molecule has 4 nitrogen and oxygen atoms in total. The highest BCUT2D eigenvalue weighted by Crippen LogP contribution is 2.20. The van der Waals surface area contributed by atoms with E-state index in [-0.39, 0.29) is 11.8 Å². The van der Waals surface area contributed by atoms with E-state index in [0.717, 1.165) is 12.8 Å². The van der Waals surface area contributed by atoms with E-state index in [0.29, 0.717) is 12.6 Å². The van der Waals surface area contributed by atoms with E-state index in [1.807, 2.05) is 0 Å². The summed E-state index contributed by atoms with van der Waals surface area (Å²) in [6.07, 6.45) is 4.43. The van der Waals surface area contributed by atoms with Crippen molar-refractivity contribution in [1.29, 1.82) is 0 Å². The molecule has 0 heterocycles. The van der Waals surface area contributed by atoms with Crippen LogP contribution >= 0.6 is 0 Å². The van der Waals surface area contributed by atoms with Gasteiger partial charge in [0.1, 0.15) is 0 Å². The van der Waals surface area contributed by atoms with Crippen LogP contribution in [0.4, 0.5) is 0 Å². The maximum absolute atomic E-state index is 11.3. The average Bonchev–Trinajstić information content (AvgIpc) is 2.79. The number of hydrogen-bond acceptors (Lipinski definition) is 3. The second-order valence-corrected chi connectivity index (χ2v) is 5.81. The third-order valence-corrected chi connectivity index (χ3v) is 3.74. The highest BCUT2D eigenvalue weighted by atomic mass is 32.2. The van der Waals surface area contributed by atoms with E-state index in [4.69, 9.17) is 0 Å². The molecule has 2 rings (SSSR count). The van der Waals surface area contributed by atoms with Crippen LogP contribution < -0.4 is 10.0 Å². The van der Waals surface area contributed by atoms with Crippen LogP contribution in [0.5, 0.6) is 0 Å². The Bertz CT molecular complexity index is 268. The standard InChI is InChI=1S/C8H16N2O2S/c11-13(12,10-8-3-4-8)6-5-9-7-1-2-7/h7-10H,1-6H2. The van der Waals surface area contributed by atoms with E-state index in [1.54, 1.807) is 0 Å². The zero-order valence-corrected chi connectivity index (χ0v) is 8.44. The smallest absolute Gasteiger partial charge is 0.213 e. The first-order valence-electron chi connectivity index (χ1n) is 4.89. The molecule has 0 radical (unpaired) electrons. The zero-order valence-electron chi connectivity index (χ0n) is 7.62. The third-order valence-electron chi connectivity index (χ3n) is 2.30. The van der Waals surface area contributed by atoms with Crippen LogP contribution in [0.3, 0.4) is 0 Å². The van der Waals surface area contributed by atoms with Crippen molar-refractivity contribution in [2.75, 3.05) is 12.3 Å². The van der Waals surface area contributed by atoms with Gasteiger partial charge in [-0.05, 0) is 25.7 Å². The first kappa shape index (κ1) is 9.43. The largest absolute Gasteiger partial charge is 0.313 e. The van der Waals surface area contributed by atoms with Crippen LogP contribution in [0.25, 0.3) is 0 Å². The van der Waals surface area contributed by atoms with Crippen molar-refractivity contribution >= 4 is 10.0 Å². The molecule has 0 amide bonds. The predicted octanol–water partition coefficient (Wildman–Crippen LogP) is -0.180. The van der Waals surface area contributed by atoms with Gasteiger partial charge in [-0.3, -0.25) is 0 Å². The molecule has 5 heteroatoms. The van der Waals surface area contributed by atoms with Gasteiger partial charge in [0.15, 0.2) is 0 Å². The lowest BCUT2D eigenvalue weighted by Crippen LogP contribution is -2.33. The van der Waals surface area contributed by atoms with Gasteiger partial charge in [0.2, 0.25) is 10.0 Å². The molecule has 0 bridgehead atoms. The second kappa shape index (κ2) is 3.55. The first-order chi connectivity index (χ1) is 6.16. The van der Waals surface area contributed by atoms with Crippen molar-refractivity contribution in [3.8, 4) is 0 Å². The summed E-state index contributed by atoms with van der Waals surface area (Å²) < 4.78 is 25.3. The normalized spacial score (nSPS) is 23.4. The molecule has 0 atom stereocenters. The molecule has 0 saturated heterocycles. The molecular formula is C8H16N2O2S. The maximum Gasteiger partial charge on any atom is 0.213 e. The Kier molecular flexibility index (Phi) is 2.58. The summed E-state index contributed by atoms with van der Waals surface area (Å²) in [6, 6.07) is 0.835. The molecule has 2 aliphatic carbocycles. The fourth-order valence-electron chi connectivity index (χ4n) is 1.20. The summed E-state index contributed by atoms with van der Waals surface area (Å²) in [4.78, 5) is 0. The van der Waals surface area contributed by atoms with Gasteiger partial charge in [0.05, 0.1) is 5.75 Å². The average molecular weight is 204 g/mol. The Morgan fingerprint density at radius 1 is 1.08 bits per heavy atom. The molecule has 0 unspecified atom stereocenters. The van der Waals surface area contributed by atoms with E-state index in [2.05, 4.69) is 10.0 Å². The van der Waals surface area contributed by atoms with Crippen LogP contribution in [0.15, 0.2) is 0 Å². The van der Waals surface area contributed by atoms with E-state index >= 15 is 0 Å². The van der Waals surface area contributed by atoms with Gasteiger partial charge in [0.25, 0.3) is 0 Å². The van der Waals surface area contributed by atoms with Gasteiger partial charge in [0, 0.05) is 18.6 Å². The second-order valence-electron chi connectivity index (χ2n) is 3.94. The summed E-state index contributed by atoms with van der Waals surface area (Å²) in [5.74, 6) is 0.222. The van der Waals surface area contributed by atoms with Crippen LogP contribution in [0, 0.1) is 0 Å². The van der Waals surface area contributed by atoms with Gasteiger partial charge >= 0.3 is 0 Å². The summed E-state index contributed by atoms with van der Waals surface area (Å²) in [5, 5.41) is 3.19. The lowest BCUT2D eigenvalue weighted by molar-refractivity contribution is 0.576. The topological polar surface area (TPSA) is 58.2 Å². The minimum Gasteiger partial charge on any atom is -0.313 e. The van der Waals surface area contributed by atoms with Gasteiger partial charge in [-0.15, -0.1) is 0 Å². The Hall–Kier alpha value is -0.130. The summed E-state index contributed by atoms with van der Waals surface area (Å²) in [6.45, 7) is 0.590. The van der Waals surface area contributed by atoms with Crippen LogP contribution in [-0.2, 0) is 10.0 Å².